The summed E-state index contributed by atoms with van der Waals surface area (Å²) in [6.45, 7) is 4.72. The molecule has 0 spiro atoms. The van der Waals surface area contributed by atoms with Crippen molar-refractivity contribution in [2.24, 2.45) is 0 Å². The average molecular weight is 348 g/mol. The summed E-state index contributed by atoms with van der Waals surface area (Å²) in [7, 11) is 0. The topological polar surface area (TPSA) is 67.9 Å². The van der Waals surface area contributed by atoms with Crippen LogP contribution in [-0.2, 0) is 14.3 Å². The maximum atomic E-state index is 12.5. The van der Waals surface area contributed by atoms with Crippen molar-refractivity contribution in [1.29, 1.82) is 0 Å². The van der Waals surface area contributed by atoms with Crippen LogP contribution in [-0.4, -0.2) is 55.4 Å². The Balaban J connectivity index is 1.71. The number of carbonyl (C=O) groups excluding carboxylic acids is 2. The van der Waals surface area contributed by atoms with E-state index in [2.05, 4.69) is 5.32 Å². The fourth-order valence-electron chi connectivity index (χ4n) is 2.60. The van der Waals surface area contributed by atoms with Gasteiger partial charge in [0, 0.05) is 30.1 Å². The molecule has 0 aromatic heterocycles. The van der Waals surface area contributed by atoms with Gasteiger partial charge in [-0.1, -0.05) is 6.07 Å². The number of hydrogen-bond donors (Lipinski definition) is 1. The van der Waals surface area contributed by atoms with E-state index in [9.17, 15) is 9.59 Å². The number of allylic oxidation sites excluding steroid dienone is 1. The molecule has 1 N–H and O–H groups in total. The summed E-state index contributed by atoms with van der Waals surface area (Å²) in [6.07, 6.45) is 0. The molecule has 128 valence electrons. The van der Waals surface area contributed by atoms with Gasteiger partial charge in [-0.15, -0.1) is 11.8 Å². The summed E-state index contributed by atoms with van der Waals surface area (Å²) in [5.41, 5.74) is 1.17. The van der Waals surface area contributed by atoms with Gasteiger partial charge in [0.25, 0.3) is 11.8 Å². The standard InChI is InChI=1S/C17H20N2O4S/c1-12-15(24-10-9-23-12)16(20)18-14-4-2-3-13(11-14)17(21)19-5-7-22-8-6-19/h2-4,11H,5-10H2,1H3,(H,18,20). The third-order valence-corrected chi connectivity index (χ3v) is 4.97. The molecule has 1 aromatic rings. The number of anilines is 1. The van der Waals surface area contributed by atoms with Crippen LogP contribution in [0, 0.1) is 0 Å². The van der Waals surface area contributed by atoms with Crippen molar-refractivity contribution >= 4 is 29.3 Å². The molecular weight excluding hydrogens is 328 g/mol. The zero-order chi connectivity index (χ0) is 16.9. The first-order chi connectivity index (χ1) is 11.6. The van der Waals surface area contributed by atoms with Crippen molar-refractivity contribution in [3.05, 3.63) is 40.5 Å². The van der Waals surface area contributed by atoms with E-state index in [1.54, 1.807) is 36.1 Å². The number of benzene rings is 1. The molecule has 0 atom stereocenters. The fourth-order valence-corrected chi connectivity index (χ4v) is 3.41. The Morgan fingerprint density at radius 1 is 1.21 bits per heavy atom. The number of nitrogens with zero attached hydrogens (tertiary/aromatic N) is 1. The van der Waals surface area contributed by atoms with Crippen LogP contribution in [0.15, 0.2) is 34.9 Å². The van der Waals surface area contributed by atoms with Gasteiger partial charge in [0.2, 0.25) is 0 Å². The van der Waals surface area contributed by atoms with Crippen LogP contribution in [0.2, 0.25) is 0 Å². The second-order valence-corrected chi connectivity index (χ2v) is 6.63. The lowest BCUT2D eigenvalue weighted by Gasteiger charge is -2.27. The quantitative estimate of drug-likeness (QED) is 0.906. The fraction of sp³-hybridized carbons (Fsp3) is 0.412. The molecule has 0 saturated carbocycles. The van der Waals surface area contributed by atoms with Gasteiger partial charge in [-0.25, -0.2) is 0 Å². The smallest absolute Gasteiger partial charge is 0.265 e. The maximum absolute atomic E-state index is 12.5. The highest BCUT2D eigenvalue weighted by Gasteiger charge is 2.21. The number of rotatable bonds is 3. The maximum Gasteiger partial charge on any atom is 0.265 e. The minimum absolute atomic E-state index is 0.0415. The molecule has 1 saturated heterocycles. The summed E-state index contributed by atoms with van der Waals surface area (Å²) in [5, 5.41) is 2.85. The van der Waals surface area contributed by atoms with E-state index >= 15 is 0 Å². The van der Waals surface area contributed by atoms with Gasteiger partial charge >= 0.3 is 0 Å². The highest BCUT2D eigenvalue weighted by molar-refractivity contribution is 8.04. The molecule has 1 aromatic carbocycles. The SMILES string of the molecule is CC1=C(C(=O)Nc2cccc(C(=O)N3CCOCC3)c2)SCCO1. The number of amides is 2. The number of thioether (sulfide) groups is 1. The first-order valence-electron chi connectivity index (χ1n) is 7.90. The Morgan fingerprint density at radius 3 is 2.75 bits per heavy atom. The van der Waals surface area contributed by atoms with Gasteiger partial charge in [-0.2, -0.15) is 0 Å². The Morgan fingerprint density at radius 2 is 2.00 bits per heavy atom. The van der Waals surface area contributed by atoms with E-state index in [0.29, 0.717) is 54.8 Å². The monoisotopic (exact) mass is 348 g/mol. The van der Waals surface area contributed by atoms with Crippen molar-refractivity contribution in [2.75, 3.05) is 44.0 Å². The zero-order valence-electron chi connectivity index (χ0n) is 13.5. The molecule has 7 heteroatoms. The summed E-state index contributed by atoms with van der Waals surface area (Å²) in [5.74, 6) is 1.16. The highest BCUT2D eigenvalue weighted by Crippen LogP contribution is 2.26. The summed E-state index contributed by atoms with van der Waals surface area (Å²) >= 11 is 1.49. The minimum Gasteiger partial charge on any atom is -0.496 e. The lowest BCUT2D eigenvalue weighted by Crippen LogP contribution is -2.40. The molecule has 2 heterocycles. The summed E-state index contributed by atoms with van der Waals surface area (Å²) in [6, 6.07) is 7.02. The second kappa shape index (κ2) is 7.72. The van der Waals surface area contributed by atoms with Crippen LogP contribution in [0.1, 0.15) is 17.3 Å². The van der Waals surface area contributed by atoms with E-state index in [-0.39, 0.29) is 11.8 Å². The molecule has 3 rings (SSSR count). The highest BCUT2D eigenvalue weighted by atomic mass is 32.2. The van der Waals surface area contributed by atoms with Crippen LogP contribution >= 0.6 is 11.8 Å². The van der Waals surface area contributed by atoms with Crippen LogP contribution in [0.3, 0.4) is 0 Å². The number of morpholine rings is 1. The first-order valence-corrected chi connectivity index (χ1v) is 8.88. The van der Waals surface area contributed by atoms with E-state index in [4.69, 9.17) is 9.47 Å². The van der Waals surface area contributed by atoms with Crippen molar-refractivity contribution in [1.82, 2.24) is 4.90 Å². The molecule has 0 aliphatic carbocycles. The van der Waals surface area contributed by atoms with Crippen molar-refractivity contribution in [3.63, 3.8) is 0 Å². The third-order valence-electron chi connectivity index (χ3n) is 3.84. The van der Waals surface area contributed by atoms with Crippen molar-refractivity contribution < 1.29 is 19.1 Å². The normalized spacial score (nSPS) is 18.1. The van der Waals surface area contributed by atoms with Gasteiger partial charge in [0.1, 0.15) is 10.7 Å². The molecule has 2 aliphatic heterocycles. The van der Waals surface area contributed by atoms with Gasteiger partial charge in [0.15, 0.2) is 0 Å². The number of hydrogen-bond acceptors (Lipinski definition) is 5. The van der Waals surface area contributed by atoms with Crippen LogP contribution in [0.5, 0.6) is 0 Å². The van der Waals surface area contributed by atoms with E-state index < -0.39 is 0 Å². The van der Waals surface area contributed by atoms with Gasteiger partial charge < -0.3 is 19.7 Å². The van der Waals surface area contributed by atoms with E-state index in [1.165, 1.54) is 11.8 Å². The molecule has 2 amide bonds. The number of ether oxygens (including phenoxy) is 2. The first kappa shape index (κ1) is 16.9. The summed E-state index contributed by atoms with van der Waals surface area (Å²) in [4.78, 5) is 27.2. The second-order valence-electron chi connectivity index (χ2n) is 5.52. The Kier molecular flexibility index (Phi) is 5.42. The molecule has 0 unspecified atom stereocenters. The van der Waals surface area contributed by atoms with E-state index in [0.717, 1.165) is 5.75 Å². The minimum atomic E-state index is -0.201. The van der Waals surface area contributed by atoms with Gasteiger partial charge in [0.05, 0.1) is 19.8 Å². The van der Waals surface area contributed by atoms with Crippen LogP contribution < -0.4 is 5.32 Å². The average Bonchev–Trinajstić information content (AvgIpc) is 2.62. The number of nitrogens with one attached hydrogen (secondary N) is 1. The van der Waals surface area contributed by atoms with Crippen LogP contribution in [0.25, 0.3) is 0 Å². The Hall–Kier alpha value is -1.99. The molecule has 24 heavy (non-hydrogen) atoms. The molecule has 1 fully saturated rings. The predicted molar refractivity (Wildman–Crippen MR) is 92.9 cm³/mol. The number of carbonyl (C=O) groups is 2. The molecule has 0 bridgehead atoms. The predicted octanol–water partition coefficient (Wildman–Crippen LogP) is 2.09. The zero-order valence-corrected chi connectivity index (χ0v) is 14.4. The lowest BCUT2D eigenvalue weighted by atomic mass is 10.1. The Bertz CT molecular complexity index is 668. The van der Waals surface area contributed by atoms with E-state index in [1.807, 2.05) is 0 Å². The third kappa shape index (κ3) is 3.91. The van der Waals surface area contributed by atoms with Crippen molar-refractivity contribution in [2.45, 2.75) is 6.92 Å². The van der Waals surface area contributed by atoms with Gasteiger partial charge in [-0.05, 0) is 25.1 Å². The largest absolute Gasteiger partial charge is 0.496 e. The summed E-state index contributed by atoms with van der Waals surface area (Å²) < 4.78 is 10.7. The molecule has 6 nitrogen and oxygen atoms in total. The van der Waals surface area contributed by atoms with Crippen LogP contribution in [0.4, 0.5) is 5.69 Å². The molecule has 0 radical (unpaired) electrons. The lowest BCUT2D eigenvalue weighted by molar-refractivity contribution is -0.112. The van der Waals surface area contributed by atoms with Crippen molar-refractivity contribution in [3.8, 4) is 0 Å². The Labute approximate surface area is 145 Å². The molecule has 2 aliphatic rings. The van der Waals surface area contributed by atoms with Gasteiger partial charge in [-0.3, -0.25) is 9.59 Å². The molecular formula is C17H20N2O4S.